The van der Waals surface area contributed by atoms with Crippen LogP contribution in [0.4, 0.5) is 4.79 Å². The van der Waals surface area contributed by atoms with Crippen LogP contribution < -0.4 is 10.6 Å². The average Bonchev–Trinajstić information content (AvgIpc) is 3.73. The number of fused-ring (bicyclic) bond motifs is 2. The van der Waals surface area contributed by atoms with E-state index < -0.39 is 0 Å². The van der Waals surface area contributed by atoms with E-state index in [-0.39, 0.29) is 36.1 Å². The second-order valence-electron chi connectivity index (χ2n) is 14.2. The lowest BCUT2D eigenvalue weighted by molar-refractivity contribution is 0.0740. The third-order valence-corrected chi connectivity index (χ3v) is 11.6. The zero-order valence-corrected chi connectivity index (χ0v) is 30.8. The molecule has 3 atom stereocenters. The van der Waals surface area contributed by atoms with Gasteiger partial charge in [-0.15, -0.1) is 0 Å². The quantitative estimate of drug-likeness (QED) is 0.160. The average molecular weight is 745 g/mol. The summed E-state index contributed by atoms with van der Waals surface area (Å²) in [5.74, 6) is -0.150. The van der Waals surface area contributed by atoms with Crippen molar-refractivity contribution in [2.24, 2.45) is 0 Å². The fourth-order valence-electron chi connectivity index (χ4n) is 8.39. The van der Waals surface area contributed by atoms with Gasteiger partial charge in [-0.05, 0) is 61.1 Å². The predicted molar refractivity (Wildman–Crippen MR) is 204 cm³/mol. The molecule has 3 N–H and O–H groups in total. The fourth-order valence-corrected chi connectivity index (χ4v) is 9.13. The van der Waals surface area contributed by atoms with Crippen molar-refractivity contribution in [1.82, 2.24) is 35.0 Å². The summed E-state index contributed by atoms with van der Waals surface area (Å²) in [5, 5.41) is 9.19. The number of carbonyl (C=O) groups is 2. The second-order valence-corrected chi connectivity index (χ2v) is 15.4. The molecule has 1 aliphatic carbocycles. The monoisotopic (exact) mass is 743 g/mol. The summed E-state index contributed by atoms with van der Waals surface area (Å²) >= 11 is 20.0. The van der Waals surface area contributed by atoms with E-state index in [1.54, 1.807) is 25.1 Å². The molecule has 264 valence electrons. The maximum atomic E-state index is 14.7. The third-order valence-electron chi connectivity index (χ3n) is 10.8. The number of urea groups is 1. The van der Waals surface area contributed by atoms with Gasteiger partial charge in [0.15, 0.2) is 0 Å². The van der Waals surface area contributed by atoms with Crippen LogP contribution in [-0.4, -0.2) is 81.6 Å². The molecule has 0 radical (unpaired) electrons. The molecule has 3 aliphatic rings. The zero-order valence-electron chi connectivity index (χ0n) is 28.6. The Kier molecular flexibility index (Phi) is 9.25. The van der Waals surface area contributed by atoms with Gasteiger partial charge in [0.1, 0.15) is 5.69 Å². The molecule has 0 spiro atoms. The molecule has 2 fully saturated rings. The van der Waals surface area contributed by atoms with E-state index in [2.05, 4.69) is 25.1 Å². The smallest absolute Gasteiger partial charge is 0.317 e. The SMILES string of the molecule is CN(C)C(=O)NC1CCN([C@H]2CCCC[C@@H]2NC(=O)c2[nH]c3cc(Cl)cc4c3c2-c2c(-c3ccccc3)ncn2C4c2ccc(Cl)cc2Cl)CC1. The van der Waals surface area contributed by atoms with Crippen LogP contribution in [0.2, 0.25) is 15.1 Å². The number of hydrogen-bond acceptors (Lipinski definition) is 4. The first-order valence-electron chi connectivity index (χ1n) is 17.6. The largest absolute Gasteiger partial charge is 0.350 e. The minimum Gasteiger partial charge on any atom is -0.350 e. The van der Waals surface area contributed by atoms with Gasteiger partial charge in [-0.2, -0.15) is 0 Å². The molecule has 3 aromatic carbocycles. The van der Waals surface area contributed by atoms with Gasteiger partial charge in [0.2, 0.25) is 0 Å². The van der Waals surface area contributed by atoms with E-state index in [9.17, 15) is 9.59 Å². The Bertz CT molecular complexity index is 2120. The van der Waals surface area contributed by atoms with Gasteiger partial charge in [-0.25, -0.2) is 9.78 Å². The van der Waals surface area contributed by atoms with Gasteiger partial charge in [-0.3, -0.25) is 9.69 Å². The van der Waals surface area contributed by atoms with Crippen LogP contribution in [-0.2, 0) is 0 Å². The number of aromatic amines is 1. The first-order valence-corrected chi connectivity index (χ1v) is 18.8. The van der Waals surface area contributed by atoms with Crippen molar-refractivity contribution in [3.05, 3.63) is 98.9 Å². The van der Waals surface area contributed by atoms with Crippen LogP contribution in [0.25, 0.3) is 33.4 Å². The Labute approximate surface area is 312 Å². The number of nitrogens with zero attached hydrogens (tertiary/aromatic N) is 4. The number of benzene rings is 3. The van der Waals surface area contributed by atoms with Crippen molar-refractivity contribution in [2.45, 2.75) is 62.7 Å². The zero-order chi connectivity index (χ0) is 35.4. The molecule has 2 aliphatic heterocycles. The Hall–Kier alpha value is -4.02. The lowest BCUT2D eigenvalue weighted by atomic mass is 9.86. The van der Waals surface area contributed by atoms with Crippen LogP contribution in [0.5, 0.6) is 0 Å². The lowest BCUT2D eigenvalue weighted by Gasteiger charge is -2.43. The first kappa shape index (κ1) is 34.1. The second kappa shape index (κ2) is 13.8. The molecule has 1 saturated carbocycles. The molecule has 0 bridgehead atoms. The predicted octanol–water partition coefficient (Wildman–Crippen LogP) is 8.39. The number of hydrogen-bond donors (Lipinski definition) is 3. The summed E-state index contributed by atoms with van der Waals surface area (Å²) in [4.78, 5) is 39.5. The molecule has 12 heteroatoms. The summed E-state index contributed by atoms with van der Waals surface area (Å²) in [6.07, 6.45) is 7.72. The minimum absolute atomic E-state index is 0.0106. The van der Waals surface area contributed by atoms with E-state index in [0.717, 1.165) is 96.2 Å². The van der Waals surface area contributed by atoms with E-state index in [1.165, 1.54) is 0 Å². The molecule has 1 unspecified atom stereocenters. The van der Waals surface area contributed by atoms with E-state index in [4.69, 9.17) is 39.8 Å². The number of halogens is 3. The lowest BCUT2D eigenvalue weighted by Crippen LogP contribution is -2.57. The summed E-state index contributed by atoms with van der Waals surface area (Å²) in [6, 6.07) is 19.4. The molecule has 8 rings (SSSR count). The molecule has 3 amide bonds. The molecule has 4 heterocycles. The van der Waals surface area contributed by atoms with E-state index >= 15 is 0 Å². The maximum Gasteiger partial charge on any atom is 0.317 e. The fraction of sp³-hybridized carbons (Fsp3) is 0.359. The normalized spacial score (nSPS) is 20.6. The molecular formula is C39H40Cl3N7O2. The third kappa shape index (κ3) is 6.28. The van der Waals surface area contributed by atoms with Gasteiger partial charge < -0.3 is 25.1 Å². The van der Waals surface area contributed by atoms with Gasteiger partial charge in [-0.1, -0.05) is 84.0 Å². The molecule has 2 aromatic heterocycles. The Morgan fingerprint density at radius 2 is 1.65 bits per heavy atom. The number of rotatable bonds is 6. The van der Waals surface area contributed by atoms with Crippen molar-refractivity contribution in [2.75, 3.05) is 27.2 Å². The summed E-state index contributed by atoms with van der Waals surface area (Å²) in [5.41, 5.74) is 6.42. The Balaban J connectivity index is 1.18. The van der Waals surface area contributed by atoms with Crippen LogP contribution >= 0.6 is 34.8 Å². The van der Waals surface area contributed by atoms with Crippen LogP contribution in [0.1, 0.15) is 66.2 Å². The molecule has 5 aromatic rings. The van der Waals surface area contributed by atoms with Crippen molar-refractivity contribution < 1.29 is 9.59 Å². The molecule has 1 saturated heterocycles. The van der Waals surface area contributed by atoms with Crippen LogP contribution in [0.3, 0.4) is 0 Å². The van der Waals surface area contributed by atoms with Gasteiger partial charge in [0, 0.05) is 82.4 Å². The number of nitrogens with one attached hydrogen (secondary N) is 3. The Morgan fingerprint density at radius 1 is 0.882 bits per heavy atom. The number of likely N-dealkylation sites (tertiary alicyclic amines) is 1. The molecule has 51 heavy (non-hydrogen) atoms. The van der Waals surface area contributed by atoms with Crippen molar-refractivity contribution in [3.63, 3.8) is 0 Å². The Morgan fingerprint density at radius 3 is 2.39 bits per heavy atom. The van der Waals surface area contributed by atoms with Crippen molar-refractivity contribution in [3.8, 4) is 22.5 Å². The van der Waals surface area contributed by atoms with Crippen LogP contribution in [0, 0.1) is 0 Å². The summed E-state index contributed by atoms with van der Waals surface area (Å²) < 4.78 is 2.11. The summed E-state index contributed by atoms with van der Waals surface area (Å²) in [7, 11) is 3.53. The number of amides is 3. The number of piperidine rings is 1. The first-order chi connectivity index (χ1) is 24.7. The highest BCUT2D eigenvalue weighted by molar-refractivity contribution is 6.35. The molecule has 9 nitrogen and oxygen atoms in total. The van der Waals surface area contributed by atoms with Crippen molar-refractivity contribution >= 4 is 57.6 Å². The van der Waals surface area contributed by atoms with E-state index in [0.29, 0.717) is 20.8 Å². The van der Waals surface area contributed by atoms with Gasteiger partial charge >= 0.3 is 6.03 Å². The topological polar surface area (TPSA) is 98.3 Å². The maximum absolute atomic E-state index is 14.7. The summed E-state index contributed by atoms with van der Waals surface area (Å²) in [6.45, 7) is 1.76. The minimum atomic E-state index is -0.358. The highest BCUT2D eigenvalue weighted by Gasteiger charge is 2.39. The number of aromatic nitrogens is 3. The standard InChI is InChI=1S/C39H40Cl3N7O2/c1-47(2)39(51)44-25-14-16-48(17-15-25)31-11-7-6-10-29(31)46-38(50)35-33-32-27(18-24(41)20-30(32)45-35)36(26-13-12-23(40)19-28(26)42)49-21-43-34(37(33)49)22-8-4-3-5-9-22/h3-5,8-9,12-13,18-21,25,29,31,36,45H,6-7,10-11,14-17H2,1-2H3,(H,44,51)(H,46,50)/t29-,31-,36?/m0/s1. The van der Waals surface area contributed by atoms with Gasteiger partial charge in [0.05, 0.1) is 23.8 Å². The molecular weight excluding hydrogens is 705 g/mol. The van der Waals surface area contributed by atoms with Crippen molar-refractivity contribution in [1.29, 1.82) is 0 Å². The number of carbonyl (C=O) groups excluding carboxylic acids is 2. The van der Waals surface area contributed by atoms with Gasteiger partial charge in [0.25, 0.3) is 5.91 Å². The number of imidazole rings is 1. The number of H-pyrrole nitrogens is 1. The van der Waals surface area contributed by atoms with E-state index in [1.807, 2.05) is 60.9 Å². The highest BCUT2D eigenvalue weighted by Crippen LogP contribution is 2.50. The highest BCUT2D eigenvalue weighted by atomic mass is 35.5. The van der Waals surface area contributed by atoms with Crippen LogP contribution in [0.15, 0.2) is 67.0 Å².